The van der Waals surface area contributed by atoms with Gasteiger partial charge in [0.2, 0.25) is 0 Å². The quantitative estimate of drug-likeness (QED) is 0.247. The fourth-order valence-electron chi connectivity index (χ4n) is 0.498. The molecule has 0 aromatic heterocycles. The molecule has 0 atom stereocenters. The maximum absolute atomic E-state index is 5.43. The van der Waals surface area contributed by atoms with Crippen LogP contribution in [0.4, 0.5) is 0 Å². The predicted molar refractivity (Wildman–Crippen MR) is 42.9 cm³/mol. The van der Waals surface area contributed by atoms with Crippen molar-refractivity contribution < 1.29 is 0 Å². The molecule has 0 fully saturated rings. The van der Waals surface area contributed by atoms with E-state index in [0.717, 1.165) is 0 Å². The Kier molecular flexibility index (Phi) is 3.21. The summed E-state index contributed by atoms with van der Waals surface area (Å²) in [5, 5.41) is 1.28. The molecule has 0 heterocycles. The van der Waals surface area contributed by atoms with Crippen LogP contribution in [0.3, 0.4) is 0 Å². The molecule has 0 spiro atoms. The van der Waals surface area contributed by atoms with Crippen LogP contribution in [0.2, 0.25) is 0 Å². The van der Waals surface area contributed by atoms with Gasteiger partial charge in [-0.25, -0.2) is 10.8 Å². The maximum atomic E-state index is 5.43. The van der Waals surface area contributed by atoms with Crippen molar-refractivity contribution in [1.29, 1.82) is 0 Å². The van der Waals surface area contributed by atoms with Crippen LogP contribution in [0, 0.1) is 0 Å². The minimum Gasteiger partial charge on any atom is -0.396 e. The van der Waals surface area contributed by atoms with E-state index >= 15 is 0 Å². The van der Waals surface area contributed by atoms with Crippen molar-refractivity contribution in [2.24, 2.45) is 16.6 Å². The van der Waals surface area contributed by atoms with Gasteiger partial charge in [0, 0.05) is 7.05 Å². The third-order valence-corrected chi connectivity index (χ3v) is 0.962. The van der Waals surface area contributed by atoms with Gasteiger partial charge in [-0.2, -0.15) is 0 Å². The van der Waals surface area contributed by atoms with Crippen molar-refractivity contribution >= 4 is 6.72 Å². The van der Waals surface area contributed by atoms with Gasteiger partial charge in [0.15, 0.2) is 5.82 Å². The highest BCUT2D eigenvalue weighted by Gasteiger charge is 1.98. The number of hydrazine groups is 1. The van der Waals surface area contributed by atoms with Crippen molar-refractivity contribution in [1.82, 2.24) is 5.01 Å². The van der Waals surface area contributed by atoms with Gasteiger partial charge in [-0.1, -0.05) is 6.58 Å². The summed E-state index contributed by atoms with van der Waals surface area (Å²) in [5.74, 6) is 5.76. The Bertz CT molecular complexity index is 169. The lowest BCUT2D eigenvalue weighted by molar-refractivity contribution is 0.432. The van der Waals surface area contributed by atoms with E-state index in [2.05, 4.69) is 18.3 Å². The van der Waals surface area contributed by atoms with Crippen molar-refractivity contribution in [2.45, 2.75) is 0 Å². The minimum absolute atomic E-state index is 0.417. The molecule has 10 heavy (non-hydrogen) atoms. The summed E-state index contributed by atoms with van der Waals surface area (Å²) in [7, 11) is 1.63. The van der Waals surface area contributed by atoms with Crippen LogP contribution in [-0.2, 0) is 0 Å². The molecule has 0 aromatic carbocycles. The summed E-state index contributed by atoms with van der Waals surface area (Å²) in [4.78, 5) is 3.59. The molecule has 0 radical (unpaired) electrons. The van der Waals surface area contributed by atoms with E-state index in [1.54, 1.807) is 7.05 Å². The molecule has 0 aromatic rings. The van der Waals surface area contributed by atoms with Gasteiger partial charge < -0.3 is 5.73 Å². The van der Waals surface area contributed by atoms with Crippen molar-refractivity contribution in [2.75, 3.05) is 7.05 Å². The molecular weight excluding hydrogens is 128 g/mol. The Balaban J connectivity index is 4.61. The summed E-state index contributed by atoms with van der Waals surface area (Å²) >= 11 is 0. The normalized spacial score (nSPS) is 11.8. The Morgan fingerprint density at radius 3 is 2.30 bits per heavy atom. The highest BCUT2D eigenvalue weighted by atomic mass is 15.4. The molecular formula is C6H12N4. The van der Waals surface area contributed by atoms with Crippen LogP contribution >= 0.6 is 0 Å². The molecule has 0 aliphatic carbocycles. The zero-order valence-corrected chi connectivity index (χ0v) is 6.04. The summed E-state index contributed by atoms with van der Waals surface area (Å²) in [6.07, 6.45) is 1.47. The van der Waals surface area contributed by atoms with Gasteiger partial charge in [-0.05, 0) is 12.8 Å². The van der Waals surface area contributed by atoms with Crippen molar-refractivity contribution in [3.05, 3.63) is 24.2 Å². The SMILES string of the molecule is C=C/C(N)=C(\N=C)N(C)N. The first-order valence-electron chi connectivity index (χ1n) is 2.70. The van der Waals surface area contributed by atoms with Gasteiger partial charge in [-0.15, -0.1) is 0 Å². The number of nitrogens with two attached hydrogens (primary N) is 2. The van der Waals surface area contributed by atoms with E-state index in [4.69, 9.17) is 11.6 Å². The van der Waals surface area contributed by atoms with Gasteiger partial charge in [-0.3, -0.25) is 5.01 Å². The lowest BCUT2D eigenvalue weighted by atomic mass is 10.4. The second-order valence-electron chi connectivity index (χ2n) is 1.75. The van der Waals surface area contributed by atoms with E-state index < -0.39 is 0 Å². The largest absolute Gasteiger partial charge is 0.396 e. The molecule has 56 valence electrons. The second kappa shape index (κ2) is 3.68. The number of nitrogens with zero attached hydrogens (tertiary/aromatic N) is 2. The van der Waals surface area contributed by atoms with Crippen LogP contribution in [-0.4, -0.2) is 18.8 Å². The first-order valence-corrected chi connectivity index (χ1v) is 2.70. The predicted octanol–water partition coefficient (Wildman–Crippen LogP) is -0.194. The molecule has 0 unspecified atom stereocenters. The average molecular weight is 140 g/mol. The van der Waals surface area contributed by atoms with Crippen molar-refractivity contribution in [3.8, 4) is 0 Å². The van der Waals surface area contributed by atoms with Gasteiger partial charge in [0.05, 0.1) is 5.70 Å². The van der Waals surface area contributed by atoms with E-state index in [9.17, 15) is 0 Å². The van der Waals surface area contributed by atoms with Gasteiger partial charge in [0.1, 0.15) is 0 Å². The van der Waals surface area contributed by atoms with Crippen LogP contribution in [0.1, 0.15) is 0 Å². The Hall–Kier alpha value is -1.29. The lowest BCUT2D eigenvalue weighted by Gasteiger charge is -2.12. The highest BCUT2D eigenvalue weighted by molar-refractivity contribution is 5.31. The molecule has 0 saturated carbocycles. The van der Waals surface area contributed by atoms with Crippen LogP contribution in [0.15, 0.2) is 29.2 Å². The summed E-state index contributed by atoms with van der Waals surface area (Å²) < 4.78 is 0. The summed E-state index contributed by atoms with van der Waals surface area (Å²) in [5.41, 5.74) is 5.85. The van der Waals surface area contributed by atoms with E-state index in [1.165, 1.54) is 11.1 Å². The average Bonchev–Trinajstić information content (AvgIpc) is 1.88. The molecule has 0 rings (SSSR count). The first kappa shape index (κ1) is 8.71. The van der Waals surface area contributed by atoms with E-state index in [1.807, 2.05) is 0 Å². The molecule has 0 saturated heterocycles. The van der Waals surface area contributed by atoms with Gasteiger partial charge in [0.25, 0.3) is 0 Å². The van der Waals surface area contributed by atoms with Gasteiger partial charge >= 0.3 is 0 Å². The fraction of sp³-hybridized carbons (Fsp3) is 0.167. The molecule has 0 aliphatic rings. The zero-order valence-electron chi connectivity index (χ0n) is 6.04. The second-order valence-corrected chi connectivity index (χ2v) is 1.75. The van der Waals surface area contributed by atoms with Crippen LogP contribution in [0.5, 0.6) is 0 Å². The van der Waals surface area contributed by atoms with Crippen molar-refractivity contribution in [3.63, 3.8) is 0 Å². The Morgan fingerprint density at radius 1 is 1.70 bits per heavy atom. The lowest BCUT2D eigenvalue weighted by Crippen LogP contribution is -2.26. The summed E-state index contributed by atoms with van der Waals surface area (Å²) in [6, 6.07) is 0. The standard InChI is InChI=1S/C6H12N4/c1-4-5(7)6(9-2)10(3)8/h4H,1-2,7-8H2,3H3/b6-5-. The van der Waals surface area contributed by atoms with E-state index in [-0.39, 0.29) is 0 Å². The molecule has 4 N–H and O–H groups in total. The topological polar surface area (TPSA) is 67.6 Å². The third kappa shape index (κ3) is 1.91. The number of rotatable bonds is 3. The smallest absolute Gasteiger partial charge is 0.165 e. The molecule has 4 heteroatoms. The molecule has 0 bridgehead atoms. The summed E-state index contributed by atoms with van der Waals surface area (Å²) in [6.45, 7) is 6.75. The number of hydrogen-bond acceptors (Lipinski definition) is 4. The number of aliphatic imine (C=N–C) groups is 1. The van der Waals surface area contributed by atoms with E-state index in [0.29, 0.717) is 11.5 Å². The number of hydrogen-bond donors (Lipinski definition) is 2. The molecule has 0 amide bonds. The monoisotopic (exact) mass is 140 g/mol. The molecule has 0 aliphatic heterocycles. The van der Waals surface area contributed by atoms with Crippen LogP contribution in [0.25, 0.3) is 0 Å². The zero-order chi connectivity index (χ0) is 8.15. The fourth-order valence-corrected chi connectivity index (χ4v) is 0.498. The minimum atomic E-state index is 0.417. The first-order chi connectivity index (χ1) is 4.63. The van der Waals surface area contributed by atoms with Crippen LogP contribution < -0.4 is 11.6 Å². The Morgan fingerprint density at radius 2 is 2.20 bits per heavy atom. The third-order valence-electron chi connectivity index (χ3n) is 0.962. The Labute approximate surface area is 60.5 Å². The highest BCUT2D eigenvalue weighted by Crippen LogP contribution is 2.01. The maximum Gasteiger partial charge on any atom is 0.165 e. The number of allylic oxidation sites excluding steroid dienone is 1. The molecule has 4 nitrogen and oxygen atoms in total.